The number of halogens is 1. The van der Waals surface area contributed by atoms with Crippen LogP contribution in [0.4, 0.5) is 4.39 Å². The van der Waals surface area contributed by atoms with Gasteiger partial charge in [-0.3, -0.25) is 10.1 Å². The van der Waals surface area contributed by atoms with Crippen LogP contribution in [0.15, 0.2) is 24.3 Å². The van der Waals surface area contributed by atoms with Crippen LogP contribution in [0.3, 0.4) is 0 Å². The lowest BCUT2D eigenvalue weighted by atomic mass is 9.98. The van der Waals surface area contributed by atoms with Gasteiger partial charge in [-0.05, 0) is 25.3 Å². The monoisotopic (exact) mass is 278 g/mol. The minimum absolute atomic E-state index is 0.0544. The molecule has 3 unspecified atom stereocenters. The van der Waals surface area contributed by atoms with Crippen molar-refractivity contribution in [2.45, 2.75) is 52.4 Å². The molecule has 0 aromatic heterocycles. The first-order chi connectivity index (χ1) is 9.47. The van der Waals surface area contributed by atoms with Crippen molar-refractivity contribution in [1.29, 1.82) is 0 Å². The third kappa shape index (κ3) is 2.57. The SMILES string of the molecule is CCC(C(C)C)N1C(=O)C(C)NC1c1ccccc1F. The Morgan fingerprint density at radius 2 is 2.00 bits per heavy atom. The van der Waals surface area contributed by atoms with Gasteiger partial charge in [-0.2, -0.15) is 0 Å². The molecular weight excluding hydrogens is 255 g/mol. The van der Waals surface area contributed by atoms with Gasteiger partial charge in [0.25, 0.3) is 0 Å². The Morgan fingerprint density at radius 3 is 2.55 bits per heavy atom. The van der Waals surface area contributed by atoms with Crippen molar-refractivity contribution in [2.75, 3.05) is 0 Å². The lowest BCUT2D eigenvalue weighted by Crippen LogP contribution is -2.42. The summed E-state index contributed by atoms with van der Waals surface area (Å²) in [4.78, 5) is 14.3. The van der Waals surface area contributed by atoms with E-state index < -0.39 is 0 Å². The zero-order chi connectivity index (χ0) is 14.9. The van der Waals surface area contributed by atoms with Crippen molar-refractivity contribution >= 4 is 5.91 Å². The molecule has 0 spiro atoms. The van der Waals surface area contributed by atoms with Crippen LogP contribution in [-0.4, -0.2) is 22.9 Å². The summed E-state index contributed by atoms with van der Waals surface area (Å²) in [6, 6.07) is 6.51. The molecule has 0 radical (unpaired) electrons. The van der Waals surface area contributed by atoms with Crippen LogP contribution in [0.25, 0.3) is 0 Å². The van der Waals surface area contributed by atoms with Gasteiger partial charge in [0.1, 0.15) is 12.0 Å². The molecule has 0 bridgehead atoms. The van der Waals surface area contributed by atoms with Gasteiger partial charge < -0.3 is 4.90 Å². The average Bonchev–Trinajstić information content (AvgIpc) is 2.68. The third-order valence-corrected chi connectivity index (χ3v) is 4.06. The molecule has 20 heavy (non-hydrogen) atoms. The second-order valence-electron chi connectivity index (χ2n) is 5.78. The summed E-state index contributed by atoms with van der Waals surface area (Å²) >= 11 is 0. The van der Waals surface area contributed by atoms with Crippen molar-refractivity contribution in [1.82, 2.24) is 10.2 Å². The van der Waals surface area contributed by atoms with Crippen molar-refractivity contribution in [3.63, 3.8) is 0 Å². The minimum Gasteiger partial charge on any atom is -0.318 e. The summed E-state index contributed by atoms with van der Waals surface area (Å²) in [5, 5.41) is 3.22. The first-order valence-corrected chi connectivity index (χ1v) is 7.30. The summed E-state index contributed by atoms with van der Waals surface area (Å²) in [5.41, 5.74) is 0.546. The van der Waals surface area contributed by atoms with Crippen LogP contribution in [0.1, 0.15) is 45.8 Å². The molecule has 1 aromatic carbocycles. The van der Waals surface area contributed by atoms with Gasteiger partial charge in [0, 0.05) is 11.6 Å². The maximum atomic E-state index is 14.1. The van der Waals surface area contributed by atoms with E-state index in [9.17, 15) is 9.18 Å². The number of rotatable bonds is 4. The highest BCUT2D eigenvalue weighted by molar-refractivity contribution is 5.84. The molecule has 1 aliphatic heterocycles. The molecule has 3 atom stereocenters. The van der Waals surface area contributed by atoms with Crippen LogP contribution in [0.5, 0.6) is 0 Å². The fourth-order valence-corrected chi connectivity index (χ4v) is 3.02. The van der Waals surface area contributed by atoms with Gasteiger partial charge in [0.15, 0.2) is 0 Å². The summed E-state index contributed by atoms with van der Waals surface area (Å²) in [6.07, 6.45) is 0.494. The van der Waals surface area contributed by atoms with Crippen LogP contribution >= 0.6 is 0 Å². The van der Waals surface area contributed by atoms with Crippen molar-refractivity contribution in [3.8, 4) is 0 Å². The standard InChI is InChI=1S/C16H23FN2O/c1-5-14(10(2)3)19-15(18-11(4)16(19)20)12-8-6-7-9-13(12)17/h6-11,14-15,18H,5H2,1-4H3. The van der Waals surface area contributed by atoms with Gasteiger partial charge in [-0.1, -0.05) is 39.0 Å². The van der Waals surface area contributed by atoms with Crippen LogP contribution in [-0.2, 0) is 4.79 Å². The number of hydrogen-bond acceptors (Lipinski definition) is 2. The highest BCUT2D eigenvalue weighted by Crippen LogP contribution is 2.32. The van der Waals surface area contributed by atoms with Gasteiger partial charge in [-0.25, -0.2) is 4.39 Å². The van der Waals surface area contributed by atoms with Gasteiger partial charge in [0.05, 0.1) is 6.04 Å². The van der Waals surface area contributed by atoms with Gasteiger partial charge in [0.2, 0.25) is 5.91 Å². The molecule has 1 heterocycles. The first kappa shape index (κ1) is 15.0. The zero-order valence-corrected chi connectivity index (χ0v) is 12.6. The molecule has 110 valence electrons. The molecule has 1 N–H and O–H groups in total. The average molecular weight is 278 g/mol. The summed E-state index contributed by atoms with van der Waals surface area (Å²) in [6.45, 7) is 8.11. The molecular formula is C16H23FN2O. The lowest BCUT2D eigenvalue weighted by Gasteiger charge is -2.35. The summed E-state index contributed by atoms with van der Waals surface area (Å²) in [7, 11) is 0. The smallest absolute Gasteiger partial charge is 0.241 e. The summed E-state index contributed by atoms with van der Waals surface area (Å²) in [5.74, 6) is 0.125. The molecule has 1 aliphatic rings. The normalized spacial score (nSPS) is 24.5. The fraction of sp³-hybridized carbons (Fsp3) is 0.562. The highest BCUT2D eigenvalue weighted by atomic mass is 19.1. The number of nitrogens with one attached hydrogen (secondary N) is 1. The number of nitrogens with zero attached hydrogens (tertiary/aromatic N) is 1. The quantitative estimate of drug-likeness (QED) is 0.918. The molecule has 3 nitrogen and oxygen atoms in total. The van der Waals surface area contributed by atoms with E-state index in [0.717, 1.165) is 6.42 Å². The highest BCUT2D eigenvalue weighted by Gasteiger charge is 2.42. The van der Waals surface area contributed by atoms with E-state index in [1.165, 1.54) is 6.07 Å². The second kappa shape index (κ2) is 5.92. The maximum absolute atomic E-state index is 14.1. The van der Waals surface area contributed by atoms with Crippen molar-refractivity contribution < 1.29 is 9.18 Å². The Bertz CT molecular complexity index is 489. The number of carbonyl (C=O) groups is 1. The molecule has 1 amide bonds. The minimum atomic E-state index is -0.369. The number of hydrogen-bond donors (Lipinski definition) is 1. The Labute approximate surface area is 120 Å². The predicted octanol–water partition coefficient (Wildman–Crippen LogP) is 3.08. The van der Waals surface area contributed by atoms with E-state index >= 15 is 0 Å². The topological polar surface area (TPSA) is 32.3 Å². The first-order valence-electron chi connectivity index (χ1n) is 7.30. The second-order valence-corrected chi connectivity index (χ2v) is 5.78. The number of benzene rings is 1. The van der Waals surface area contributed by atoms with E-state index in [4.69, 9.17) is 0 Å². The molecule has 1 fully saturated rings. The van der Waals surface area contributed by atoms with E-state index in [1.54, 1.807) is 12.1 Å². The Morgan fingerprint density at radius 1 is 1.35 bits per heavy atom. The van der Waals surface area contributed by atoms with Crippen molar-refractivity contribution in [2.24, 2.45) is 5.92 Å². The molecule has 4 heteroatoms. The Kier molecular flexibility index (Phi) is 4.43. The lowest BCUT2D eigenvalue weighted by molar-refractivity contribution is -0.133. The Hall–Kier alpha value is -1.42. The number of carbonyl (C=O) groups excluding carboxylic acids is 1. The summed E-state index contributed by atoms with van der Waals surface area (Å²) < 4.78 is 14.1. The molecule has 0 saturated carbocycles. The van der Waals surface area contributed by atoms with E-state index in [1.807, 2.05) is 17.9 Å². The van der Waals surface area contributed by atoms with Gasteiger partial charge >= 0.3 is 0 Å². The molecule has 2 rings (SSSR count). The predicted molar refractivity (Wildman–Crippen MR) is 77.5 cm³/mol. The maximum Gasteiger partial charge on any atom is 0.241 e. The van der Waals surface area contributed by atoms with E-state index in [0.29, 0.717) is 11.5 Å². The van der Waals surface area contributed by atoms with Crippen LogP contribution < -0.4 is 5.32 Å². The van der Waals surface area contributed by atoms with Crippen molar-refractivity contribution in [3.05, 3.63) is 35.6 Å². The van der Waals surface area contributed by atoms with Crippen LogP contribution in [0.2, 0.25) is 0 Å². The van der Waals surface area contributed by atoms with Crippen LogP contribution in [0, 0.1) is 11.7 Å². The number of amides is 1. The largest absolute Gasteiger partial charge is 0.318 e. The fourth-order valence-electron chi connectivity index (χ4n) is 3.02. The molecule has 0 aliphatic carbocycles. The third-order valence-electron chi connectivity index (χ3n) is 4.06. The zero-order valence-electron chi connectivity index (χ0n) is 12.6. The molecule has 1 saturated heterocycles. The van der Waals surface area contributed by atoms with E-state index in [-0.39, 0.29) is 30.0 Å². The van der Waals surface area contributed by atoms with E-state index in [2.05, 4.69) is 26.1 Å². The van der Waals surface area contributed by atoms with Gasteiger partial charge in [-0.15, -0.1) is 0 Å². The molecule has 1 aromatic rings. The Balaban J connectivity index is 2.40.